The number of anilines is 1. The maximum Gasteiger partial charge on any atom is 0.134 e. The van der Waals surface area contributed by atoms with Crippen LogP contribution in [-0.4, -0.2) is 16.0 Å². The third-order valence-corrected chi connectivity index (χ3v) is 3.45. The molecule has 0 aromatic carbocycles. The number of aryl methyl sites for hydroxylation is 1. The van der Waals surface area contributed by atoms with Gasteiger partial charge in [0.05, 0.1) is 0 Å². The zero-order valence-electron chi connectivity index (χ0n) is 9.83. The van der Waals surface area contributed by atoms with E-state index in [4.69, 9.17) is 11.6 Å². The van der Waals surface area contributed by atoms with E-state index < -0.39 is 0 Å². The number of rotatable bonds is 2. The van der Waals surface area contributed by atoms with Gasteiger partial charge in [0.1, 0.15) is 16.8 Å². The molecule has 88 valence electrons. The van der Waals surface area contributed by atoms with Crippen molar-refractivity contribution in [2.75, 3.05) is 5.32 Å². The Balaban J connectivity index is 2.07. The Labute approximate surface area is 102 Å². The van der Waals surface area contributed by atoms with Gasteiger partial charge in [0.15, 0.2) is 0 Å². The largest absolute Gasteiger partial charge is 0.367 e. The molecule has 0 unspecified atom stereocenters. The van der Waals surface area contributed by atoms with E-state index in [-0.39, 0.29) is 0 Å². The molecule has 0 spiro atoms. The highest BCUT2D eigenvalue weighted by atomic mass is 35.5. The van der Waals surface area contributed by atoms with Crippen molar-refractivity contribution < 1.29 is 0 Å². The van der Waals surface area contributed by atoms with Crippen LogP contribution in [0.1, 0.15) is 38.4 Å². The fraction of sp³-hybridized carbons (Fsp3) is 0.667. The highest BCUT2D eigenvalue weighted by Crippen LogP contribution is 2.26. The molecule has 1 heterocycles. The predicted molar refractivity (Wildman–Crippen MR) is 66.8 cm³/mol. The van der Waals surface area contributed by atoms with Crippen molar-refractivity contribution in [2.24, 2.45) is 5.92 Å². The summed E-state index contributed by atoms with van der Waals surface area (Å²) in [4.78, 5) is 8.42. The predicted octanol–water partition coefficient (Wildman–Crippen LogP) is 3.43. The van der Waals surface area contributed by atoms with Crippen molar-refractivity contribution >= 4 is 17.4 Å². The minimum Gasteiger partial charge on any atom is -0.367 e. The molecule has 1 aliphatic carbocycles. The number of hydrogen-bond acceptors (Lipinski definition) is 3. The van der Waals surface area contributed by atoms with Gasteiger partial charge in [0.25, 0.3) is 0 Å². The topological polar surface area (TPSA) is 37.8 Å². The van der Waals surface area contributed by atoms with Crippen LogP contribution in [0.2, 0.25) is 5.15 Å². The first-order valence-corrected chi connectivity index (χ1v) is 6.30. The van der Waals surface area contributed by atoms with Gasteiger partial charge < -0.3 is 5.32 Å². The fourth-order valence-corrected chi connectivity index (χ4v) is 2.55. The SMILES string of the molecule is Cc1nc(Cl)cc(N[C@@H]2CCCC[C@@H]2C)n1. The lowest BCUT2D eigenvalue weighted by molar-refractivity contribution is 0.349. The van der Waals surface area contributed by atoms with Gasteiger partial charge >= 0.3 is 0 Å². The van der Waals surface area contributed by atoms with E-state index in [0.717, 1.165) is 11.6 Å². The molecule has 1 N–H and O–H groups in total. The Bertz CT molecular complexity index is 347. The summed E-state index contributed by atoms with van der Waals surface area (Å²) in [6.07, 6.45) is 5.18. The summed E-state index contributed by atoms with van der Waals surface area (Å²) in [5.41, 5.74) is 0. The molecule has 0 radical (unpaired) electrons. The summed E-state index contributed by atoms with van der Waals surface area (Å²) in [6, 6.07) is 2.33. The maximum atomic E-state index is 5.91. The van der Waals surface area contributed by atoms with Gasteiger partial charge in [-0.2, -0.15) is 0 Å². The molecule has 1 aliphatic rings. The summed E-state index contributed by atoms with van der Waals surface area (Å²) in [5.74, 6) is 2.29. The van der Waals surface area contributed by atoms with Gasteiger partial charge in [-0.05, 0) is 25.7 Å². The lowest BCUT2D eigenvalue weighted by Gasteiger charge is -2.29. The summed E-state index contributed by atoms with van der Waals surface area (Å²) >= 11 is 5.91. The second-order valence-electron chi connectivity index (χ2n) is 4.64. The van der Waals surface area contributed by atoms with Crippen molar-refractivity contribution in [1.29, 1.82) is 0 Å². The quantitative estimate of drug-likeness (QED) is 0.804. The number of halogens is 1. The molecule has 1 aromatic rings. The summed E-state index contributed by atoms with van der Waals surface area (Å²) < 4.78 is 0. The second-order valence-corrected chi connectivity index (χ2v) is 5.02. The lowest BCUT2D eigenvalue weighted by Crippen LogP contribution is -2.30. The number of aromatic nitrogens is 2. The standard InChI is InChI=1S/C12H18ClN3/c1-8-5-3-4-6-10(8)16-12-7-11(13)14-9(2)15-12/h7-8,10H,3-6H2,1-2H3,(H,14,15,16)/t8-,10+/m0/s1. The van der Waals surface area contributed by atoms with Crippen LogP contribution in [-0.2, 0) is 0 Å². The Morgan fingerprint density at radius 2 is 2.06 bits per heavy atom. The Morgan fingerprint density at radius 1 is 1.31 bits per heavy atom. The third kappa shape index (κ3) is 2.85. The van der Waals surface area contributed by atoms with E-state index in [1.54, 1.807) is 6.07 Å². The van der Waals surface area contributed by atoms with Gasteiger partial charge in [-0.1, -0.05) is 31.4 Å². The van der Waals surface area contributed by atoms with Crippen LogP contribution in [0, 0.1) is 12.8 Å². The number of nitrogens with zero attached hydrogens (tertiary/aromatic N) is 2. The van der Waals surface area contributed by atoms with Crippen molar-refractivity contribution in [3.63, 3.8) is 0 Å². The lowest BCUT2D eigenvalue weighted by atomic mass is 9.86. The summed E-state index contributed by atoms with van der Waals surface area (Å²) in [5, 5.41) is 3.99. The molecule has 0 bridgehead atoms. The molecule has 3 nitrogen and oxygen atoms in total. The summed E-state index contributed by atoms with van der Waals surface area (Å²) in [7, 11) is 0. The first-order chi connectivity index (χ1) is 7.65. The van der Waals surface area contributed by atoms with Gasteiger partial charge in [-0.3, -0.25) is 0 Å². The zero-order valence-corrected chi connectivity index (χ0v) is 10.6. The van der Waals surface area contributed by atoms with Crippen molar-refractivity contribution in [3.8, 4) is 0 Å². The molecule has 0 amide bonds. The first-order valence-electron chi connectivity index (χ1n) is 5.93. The second kappa shape index (κ2) is 5.00. The van der Waals surface area contributed by atoms with Crippen LogP contribution in [0.3, 0.4) is 0 Å². The van der Waals surface area contributed by atoms with Crippen LogP contribution in [0.15, 0.2) is 6.07 Å². The molecule has 2 rings (SSSR count). The van der Waals surface area contributed by atoms with Crippen LogP contribution >= 0.6 is 11.6 Å². The van der Waals surface area contributed by atoms with Gasteiger partial charge in [-0.15, -0.1) is 0 Å². The highest BCUT2D eigenvalue weighted by Gasteiger charge is 2.21. The molecule has 4 heteroatoms. The molecule has 1 saturated carbocycles. The Morgan fingerprint density at radius 3 is 2.75 bits per heavy atom. The van der Waals surface area contributed by atoms with Crippen molar-refractivity contribution in [1.82, 2.24) is 9.97 Å². The maximum absolute atomic E-state index is 5.91. The first kappa shape index (κ1) is 11.6. The molecule has 0 aliphatic heterocycles. The molecular weight excluding hydrogens is 222 g/mol. The van der Waals surface area contributed by atoms with E-state index in [2.05, 4.69) is 22.2 Å². The molecule has 16 heavy (non-hydrogen) atoms. The van der Waals surface area contributed by atoms with Gasteiger partial charge in [-0.25, -0.2) is 9.97 Å². The zero-order chi connectivity index (χ0) is 11.5. The van der Waals surface area contributed by atoms with E-state index in [1.165, 1.54) is 25.7 Å². The van der Waals surface area contributed by atoms with Crippen LogP contribution in [0.25, 0.3) is 0 Å². The van der Waals surface area contributed by atoms with Crippen LogP contribution in [0.4, 0.5) is 5.82 Å². The van der Waals surface area contributed by atoms with E-state index >= 15 is 0 Å². The number of nitrogens with one attached hydrogen (secondary N) is 1. The Hall–Kier alpha value is -0.830. The van der Waals surface area contributed by atoms with E-state index in [1.807, 2.05) is 6.92 Å². The molecular formula is C12H18ClN3. The van der Waals surface area contributed by atoms with E-state index in [9.17, 15) is 0 Å². The highest BCUT2D eigenvalue weighted by molar-refractivity contribution is 6.29. The summed E-state index contributed by atoms with van der Waals surface area (Å²) in [6.45, 7) is 4.16. The number of hydrogen-bond donors (Lipinski definition) is 1. The monoisotopic (exact) mass is 239 g/mol. The molecule has 1 fully saturated rings. The van der Waals surface area contributed by atoms with Crippen molar-refractivity contribution in [3.05, 3.63) is 17.0 Å². The van der Waals surface area contributed by atoms with Crippen LogP contribution < -0.4 is 5.32 Å². The average Bonchev–Trinajstić information content (AvgIpc) is 2.20. The van der Waals surface area contributed by atoms with Gasteiger partial charge in [0.2, 0.25) is 0 Å². The van der Waals surface area contributed by atoms with Crippen LogP contribution in [0.5, 0.6) is 0 Å². The van der Waals surface area contributed by atoms with Gasteiger partial charge in [0, 0.05) is 12.1 Å². The molecule has 2 atom stereocenters. The smallest absolute Gasteiger partial charge is 0.134 e. The minimum atomic E-state index is 0.512. The third-order valence-electron chi connectivity index (χ3n) is 3.25. The fourth-order valence-electron chi connectivity index (χ4n) is 2.33. The van der Waals surface area contributed by atoms with Crippen molar-refractivity contribution in [2.45, 2.75) is 45.6 Å². The minimum absolute atomic E-state index is 0.512. The average molecular weight is 240 g/mol. The molecule has 1 aromatic heterocycles. The normalized spacial score (nSPS) is 25.4. The molecule has 0 saturated heterocycles. The Kier molecular flexibility index (Phi) is 3.64. The van der Waals surface area contributed by atoms with E-state index in [0.29, 0.717) is 17.1 Å².